The van der Waals surface area contributed by atoms with Crippen molar-refractivity contribution in [1.29, 1.82) is 0 Å². The number of rotatable bonds is 6. The van der Waals surface area contributed by atoms with Crippen molar-refractivity contribution >= 4 is 17.2 Å². The second-order valence-electron chi connectivity index (χ2n) is 4.40. The molecule has 0 unspecified atom stereocenters. The Labute approximate surface area is 117 Å². The molecule has 19 heavy (non-hydrogen) atoms. The molecule has 2 heterocycles. The third-order valence-electron chi connectivity index (χ3n) is 2.99. The lowest BCUT2D eigenvalue weighted by Gasteiger charge is -2.16. The van der Waals surface area contributed by atoms with Crippen LogP contribution in [0.4, 0.5) is 0 Å². The van der Waals surface area contributed by atoms with Crippen LogP contribution in [0.5, 0.6) is 0 Å². The summed E-state index contributed by atoms with van der Waals surface area (Å²) in [5, 5.41) is 1.99. The molecule has 0 aliphatic heterocycles. The molecule has 0 saturated carbocycles. The number of likely N-dealkylation sites (N-methyl/N-ethyl adjacent to an activating group) is 1. The van der Waals surface area contributed by atoms with E-state index in [1.807, 2.05) is 24.6 Å². The fraction of sp³-hybridized carbons (Fsp3) is 0.357. The van der Waals surface area contributed by atoms with Crippen molar-refractivity contribution in [2.75, 3.05) is 13.6 Å². The standard InChI is InChI=1S/C14H17N3OS/c1-17(9-6-12-4-7-15-8-5-12)14(18)3-2-13-10-19-11-16-13/h4-5,7-8,10-11H,2-3,6,9H2,1H3. The number of carbonyl (C=O) groups is 1. The topological polar surface area (TPSA) is 46.1 Å². The first kappa shape index (κ1) is 13.7. The molecule has 1 amide bonds. The second-order valence-corrected chi connectivity index (χ2v) is 5.12. The van der Waals surface area contributed by atoms with Gasteiger partial charge in [0.1, 0.15) is 0 Å². The third-order valence-corrected chi connectivity index (χ3v) is 3.62. The summed E-state index contributed by atoms with van der Waals surface area (Å²) in [5.41, 5.74) is 4.00. The van der Waals surface area contributed by atoms with Gasteiger partial charge < -0.3 is 4.90 Å². The number of pyridine rings is 1. The van der Waals surface area contributed by atoms with E-state index in [9.17, 15) is 4.79 Å². The van der Waals surface area contributed by atoms with Gasteiger partial charge in [-0.2, -0.15) is 0 Å². The number of amides is 1. The highest BCUT2D eigenvalue weighted by Gasteiger charge is 2.09. The van der Waals surface area contributed by atoms with Crippen LogP contribution in [0.1, 0.15) is 17.7 Å². The first-order chi connectivity index (χ1) is 9.25. The Bertz CT molecular complexity index is 499. The zero-order valence-corrected chi connectivity index (χ0v) is 11.8. The highest BCUT2D eigenvalue weighted by molar-refractivity contribution is 7.07. The Morgan fingerprint density at radius 2 is 2.11 bits per heavy atom. The second kappa shape index (κ2) is 6.99. The Morgan fingerprint density at radius 1 is 1.32 bits per heavy atom. The van der Waals surface area contributed by atoms with Crippen LogP contribution in [-0.4, -0.2) is 34.4 Å². The van der Waals surface area contributed by atoms with Crippen molar-refractivity contribution in [3.8, 4) is 0 Å². The predicted molar refractivity (Wildman–Crippen MR) is 76.0 cm³/mol. The van der Waals surface area contributed by atoms with E-state index in [4.69, 9.17) is 0 Å². The van der Waals surface area contributed by atoms with Crippen LogP contribution in [0.3, 0.4) is 0 Å². The van der Waals surface area contributed by atoms with Crippen LogP contribution >= 0.6 is 11.3 Å². The van der Waals surface area contributed by atoms with E-state index in [1.165, 1.54) is 5.56 Å². The minimum Gasteiger partial charge on any atom is -0.345 e. The summed E-state index contributed by atoms with van der Waals surface area (Å²) in [6.07, 6.45) is 5.67. The Morgan fingerprint density at radius 3 is 2.79 bits per heavy atom. The lowest BCUT2D eigenvalue weighted by Crippen LogP contribution is -2.29. The van der Waals surface area contributed by atoms with Crippen LogP contribution < -0.4 is 0 Å². The van der Waals surface area contributed by atoms with E-state index in [0.29, 0.717) is 6.42 Å². The SMILES string of the molecule is CN(CCc1ccncc1)C(=O)CCc1cscn1. The molecule has 0 fully saturated rings. The van der Waals surface area contributed by atoms with E-state index in [-0.39, 0.29) is 5.91 Å². The molecule has 2 rings (SSSR count). The molecule has 2 aromatic rings. The van der Waals surface area contributed by atoms with Gasteiger partial charge in [-0.05, 0) is 30.5 Å². The molecule has 0 radical (unpaired) electrons. The molecule has 0 saturated heterocycles. The number of aromatic nitrogens is 2. The zero-order valence-electron chi connectivity index (χ0n) is 11.0. The fourth-order valence-electron chi connectivity index (χ4n) is 1.76. The van der Waals surface area contributed by atoms with Gasteiger partial charge in [-0.25, -0.2) is 4.98 Å². The molecular weight excluding hydrogens is 258 g/mol. The normalized spacial score (nSPS) is 10.4. The molecule has 0 aliphatic carbocycles. The van der Waals surface area contributed by atoms with Crippen LogP contribution in [0, 0.1) is 0 Å². The molecule has 5 heteroatoms. The van der Waals surface area contributed by atoms with Gasteiger partial charge in [0, 0.05) is 37.8 Å². The van der Waals surface area contributed by atoms with Crippen molar-refractivity contribution in [3.05, 3.63) is 46.7 Å². The van der Waals surface area contributed by atoms with Gasteiger partial charge in [0.15, 0.2) is 0 Å². The summed E-state index contributed by atoms with van der Waals surface area (Å²) in [7, 11) is 1.85. The average molecular weight is 275 g/mol. The monoisotopic (exact) mass is 275 g/mol. The molecule has 4 nitrogen and oxygen atoms in total. The number of hydrogen-bond donors (Lipinski definition) is 0. The molecule has 0 bridgehead atoms. The fourth-order valence-corrected chi connectivity index (χ4v) is 2.35. The van der Waals surface area contributed by atoms with Gasteiger partial charge in [0.05, 0.1) is 11.2 Å². The number of nitrogens with zero attached hydrogens (tertiary/aromatic N) is 3. The van der Waals surface area contributed by atoms with E-state index in [1.54, 1.807) is 34.1 Å². The maximum atomic E-state index is 11.9. The molecule has 2 aromatic heterocycles. The number of hydrogen-bond acceptors (Lipinski definition) is 4. The van der Waals surface area contributed by atoms with Gasteiger partial charge in [-0.15, -0.1) is 11.3 Å². The molecule has 0 aromatic carbocycles. The van der Waals surface area contributed by atoms with Gasteiger partial charge in [0.25, 0.3) is 0 Å². The van der Waals surface area contributed by atoms with Gasteiger partial charge >= 0.3 is 0 Å². The smallest absolute Gasteiger partial charge is 0.222 e. The first-order valence-corrected chi connectivity index (χ1v) is 7.20. The van der Waals surface area contributed by atoms with E-state index in [2.05, 4.69) is 9.97 Å². The first-order valence-electron chi connectivity index (χ1n) is 6.25. The molecule has 100 valence electrons. The molecule has 0 atom stereocenters. The minimum absolute atomic E-state index is 0.169. The number of thiazole rings is 1. The van der Waals surface area contributed by atoms with Crippen molar-refractivity contribution < 1.29 is 4.79 Å². The highest BCUT2D eigenvalue weighted by atomic mass is 32.1. The van der Waals surface area contributed by atoms with Crippen LogP contribution in [0.15, 0.2) is 35.4 Å². The summed E-state index contributed by atoms with van der Waals surface area (Å²) in [4.78, 5) is 21.9. The number of aryl methyl sites for hydroxylation is 1. The Hall–Kier alpha value is -1.75. The average Bonchev–Trinajstić information content (AvgIpc) is 2.96. The number of carbonyl (C=O) groups excluding carboxylic acids is 1. The quantitative estimate of drug-likeness (QED) is 0.811. The Balaban J connectivity index is 1.73. The summed E-state index contributed by atoms with van der Waals surface area (Å²) in [6, 6.07) is 3.96. The summed E-state index contributed by atoms with van der Waals surface area (Å²) >= 11 is 1.57. The third kappa shape index (κ3) is 4.44. The minimum atomic E-state index is 0.169. The van der Waals surface area contributed by atoms with Crippen molar-refractivity contribution in [1.82, 2.24) is 14.9 Å². The summed E-state index contributed by atoms with van der Waals surface area (Å²) < 4.78 is 0. The molecule has 0 spiro atoms. The van der Waals surface area contributed by atoms with Crippen LogP contribution in [0.25, 0.3) is 0 Å². The molecule has 0 N–H and O–H groups in total. The van der Waals surface area contributed by atoms with Gasteiger partial charge in [0.2, 0.25) is 5.91 Å². The maximum absolute atomic E-state index is 11.9. The van der Waals surface area contributed by atoms with Crippen molar-refractivity contribution in [2.45, 2.75) is 19.3 Å². The lowest BCUT2D eigenvalue weighted by molar-refractivity contribution is -0.129. The van der Waals surface area contributed by atoms with E-state index < -0.39 is 0 Å². The maximum Gasteiger partial charge on any atom is 0.222 e. The largest absolute Gasteiger partial charge is 0.345 e. The zero-order chi connectivity index (χ0) is 13.5. The van der Waals surface area contributed by atoms with E-state index >= 15 is 0 Å². The highest BCUT2D eigenvalue weighted by Crippen LogP contribution is 2.06. The van der Waals surface area contributed by atoms with Gasteiger partial charge in [-0.3, -0.25) is 9.78 Å². The molecule has 0 aliphatic rings. The van der Waals surface area contributed by atoms with E-state index in [0.717, 1.165) is 25.1 Å². The Kier molecular flexibility index (Phi) is 5.03. The predicted octanol–water partition coefficient (Wildman–Crippen LogP) is 2.17. The summed E-state index contributed by atoms with van der Waals surface area (Å²) in [5.74, 6) is 0.169. The van der Waals surface area contributed by atoms with Crippen molar-refractivity contribution in [3.63, 3.8) is 0 Å². The molecular formula is C14H17N3OS. The van der Waals surface area contributed by atoms with Crippen LogP contribution in [-0.2, 0) is 17.6 Å². The summed E-state index contributed by atoms with van der Waals surface area (Å²) in [6.45, 7) is 0.736. The van der Waals surface area contributed by atoms with Gasteiger partial charge in [-0.1, -0.05) is 0 Å². The lowest BCUT2D eigenvalue weighted by atomic mass is 10.2. The van der Waals surface area contributed by atoms with Crippen LogP contribution in [0.2, 0.25) is 0 Å². The van der Waals surface area contributed by atoms with Crippen molar-refractivity contribution in [2.24, 2.45) is 0 Å².